The number of rotatable bonds is 8. The molecule has 0 saturated carbocycles. The van der Waals surface area contributed by atoms with Crippen molar-refractivity contribution >= 4 is 39.3 Å². The summed E-state index contributed by atoms with van der Waals surface area (Å²) in [5.74, 6) is -0.296. The predicted octanol–water partition coefficient (Wildman–Crippen LogP) is 3.43. The first kappa shape index (κ1) is 21.9. The van der Waals surface area contributed by atoms with E-state index in [1.54, 1.807) is 42.5 Å². The van der Waals surface area contributed by atoms with Crippen molar-refractivity contribution in [1.29, 1.82) is 0 Å². The van der Waals surface area contributed by atoms with Crippen LogP contribution in [0, 0.1) is 0 Å². The summed E-state index contributed by atoms with van der Waals surface area (Å²) < 4.78 is 27.4. The van der Waals surface area contributed by atoms with Gasteiger partial charge in [-0.3, -0.25) is 9.52 Å². The van der Waals surface area contributed by atoms with E-state index in [0.29, 0.717) is 22.7 Å². The average molecular weight is 423 g/mol. The molecule has 2 aromatic carbocycles. The number of benzene rings is 2. The largest absolute Gasteiger partial charge is 0.396 e. The van der Waals surface area contributed by atoms with Gasteiger partial charge in [0.05, 0.1) is 15.6 Å². The van der Waals surface area contributed by atoms with Crippen molar-refractivity contribution in [3.63, 3.8) is 0 Å². The van der Waals surface area contributed by atoms with Gasteiger partial charge >= 0.3 is 0 Å². The van der Waals surface area contributed by atoms with E-state index in [2.05, 4.69) is 10.0 Å². The van der Waals surface area contributed by atoms with Gasteiger partial charge in [0.15, 0.2) is 0 Å². The first-order chi connectivity index (χ1) is 13.1. The van der Waals surface area contributed by atoms with E-state index in [9.17, 15) is 13.2 Å². The summed E-state index contributed by atoms with van der Waals surface area (Å²) in [6.07, 6.45) is 3.39. The zero-order valence-corrected chi connectivity index (χ0v) is 17.2. The van der Waals surface area contributed by atoms with Gasteiger partial charge in [0.25, 0.3) is 10.0 Å². The molecule has 0 aliphatic carbocycles. The molecule has 2 aromatic rings. The number of amides is 1. The average Bonchev–Trinajstić information content (AvgIpc) is 2.61. The number of carbonyl (C=O) groups is 1. The van der Waals surface area contributed by atoms with Gasteiger partial charge in [-0.1, -0.05) is 35.9 Å². The molecular formula is C20H23ClN2O4S. The van der Waals surface area contributed by atoms with Crippen LogP contribution in [0.2, 0.25) is 5.02 Å². The fourth-order valence-corrected chi connectivity index (χ4v) is 3.71. The number of anilines is 1. The summed E-state index contributed by atoms with van der Waals surface area (Å²) in [6, 6.07) is 12.7. The molecular weight excluding hydrogens is 400 g/mol. The van der Waals surface area contributed by atoms with Gasteiger partial charge < -0.3 is 10.4 Å². The minimum Gasteiger partial charge on any atom is -0.396 e. The highest BCUT2D eigenvalue weighted by atomic mass is 35.5. The second kappa shape index (κ2) is 9.23. The smallest absolute Gasteiger partial charge is 0.261 e. The van der Waals surface area contributed by atoms with Crippen LogP contribution in [0.3, 0.4) is 0 Å². The Labute approximate surface area is 170 Å². The molecule has 0 saturated heterocycles. The minimum atomic E-state index is -3.78. The van der Waals surface area contributed by atoms with Crippen LogP contribution >= 0.6 is 11.6 Å². The fourth-order valence-electron chi connectivity index (χ4n) is 2.39. The summed E-state index contributed by atoms with van der Waals surface area (Å²) in [5.41, 5.74) is 0.459. The van der Waals surface area contributed by atoms with E-state index in [4.69, 9.17) is 16.7 Å². The Bertz CT molecular complexity index is 954. The van der Waals surface area contributed by atoms with Crippen LogP contribution in [0.1, 0.15) is 25.8 Å². The standard InChI is InChI=1S/C20H23ClN2O4S/c1-20(2,13-14-24)22-19(25)12-9-15-7-10-16(11-8-15)28(26,27)23-18-6-4-3-5-17(18)21/h3-12,23-24H,13-14H2,1-2H3,(H,22,25). The van der Waals surface area contributed by atoms with Crippen molar-refractivity contribution in [2.24, 2.45) is 0 Å². The van der Waals surface area contributed by atoms with E-state index in [-0.39, 0.29) is 17.4 Å². The summed E-state index contributed by atoms with van der Waals surface area (Å²) in [6.45, 7) is 3.62. The molecule has 2 rings (SSSR count). The number of aliphatic hydroxyl groups excluding tert-OH is 1. The molecule has 0 unspecified atom stereocenters. The van der Waals surface area contributed by atoms with Crippen LogP contribution < -0.4 is 10.0 Å². The van der Waals surface area contributed by atoms with Gasteiger partial charge in [-0.15, -0.1) is 0 Å². The van der Waals surface area contributed by atoms with E-state index in [1.165, 1.54) is 18.2 Å². The quantitative estimate of drug-likeness (QED) is 0.568. The number of carbonyl (C=O) groups excluding carboxylic acids is 1. The molecule has 0 radical (unpaired) electrons. The van der Waals surface area contributed by atoms with Crippen molar-refractivity contribution < 1.29 is 18.3 Å². The summed E-state index contributed by atoms with van der Waals surface area (Å²) >= 11 is 5.99. The predicted molar refractivity (Wildman–Crippen MR) is 112 cm³/mol. The Morgan fingerprint density at radius 2 is 1.79 bits per heavy atom. The van der Waals surface area contributed by atoms with Crippen LogP contribution in [-0.4, -0.2) is 31.6 Å². The number of hydrogen-bond acceptors (Lipinski definition) is 4. The van der Waals surface area contributed by atoms with E-state index in [0.717, 1.165) is 0 Å². The topological polar surface area (TPSA) is 95.5 Å². The Morgan fingerprint density at radius 3 is 2.39 bits per heavy atom. The van der Waals surface area contributed by atoms with Crippen LogP contribution in [0.15, 0.2) is 59.5 Å². The molecule has 3 N–H and O–H groups in total. The Balaban J connectivity index is 2.06. The fraction of sp³-hybridized carbons (Fsp3) is 0.250. The maximum atomic E-state index is 12.5. The first-order valence-corrected chi connectivity index (χ1v) is 10.5. The van der Waals surface area contributed by atoms with Gasteiger partial charge in [0.1, 0.15) is 0 Å². The number of aliphatic hydroxyl groups is 1. The lowest BCUT2D eigenvalue weighted by atomic mass is 10.0. The van der Waals surface area contributed by atoms with Gasteiger partial charge in [-0.2, -0.15) is 0 Å². The number of para-hydroxylation sites is 1. The monoisotopic (exact) mass is 422 g/mol. The third-order valence-corrected chi connectivity index (χ3v) is 5.65. The minimum absolute atomic E-state index is 0.0187. The number of sulfonamides is 1. The SMILES string of the molecule is CC(C)(CCO)NC(=O)C=Cc1ccc(S(=O)(=O)Nc2ccccc2Cl)cc1. The molecule has 6 nitrogen and oxygen atoms in total. The van der Waals surface area contributed by atoms with Crippen molar-refractivity contribution in [2.45, 2.75) is 30.7 Å². The lowest BCUT2D eigenvalue weighted by Gasteiger charge is -2.24. The lowest BCUT2D eigenvalue weighted by Crippen LogP contribution is -2.43. The molecule has 0 aliphatic rings. The number of halogens is 1. The molecule has 0 spiro atoms. The molecule has 0 aliphatic heterocycles. The van der Waals surface area contributed by atoms with Crippen molar-refractivity contribution in [3.8, 4) is 0 Å². The van der Waals surface area contributed by atoms with Gasteiger partial charge in [-0.05, 0) is 56.2 Å². The molecule has 8 heteroatoms. The molecule has 150 valence electrons. The summed E-state index contributed by atoms with van der Waals surface area (Å²) in [7, 11) is -3.78. The van der Waals surface area contributed by atoms with Crippen LogP contribution in [0.5, 0.6) is 0 Å². The molecule has 0 aromatic heterocycles. The normalized spacial score (nSPS) is 12.1. The van der Waals surface area contributed by atoms with Gasteiger partial charge in [-0.25, -0.2) is 8.42 Å². The molecule has 0 atom stereocenters. The number of hydrogen-bond donors (Lipinski definition) is 3. The van der Waals surface area contributed by atoms with Crippen LogP contribution in [0.4, 0.5) is 5.69 Å². The maximum Gasteiger partial charge on any atom is 0.261 e. The zero-order valence-electron chi connectivity index (χ0n) is 15.6. The molecule has 0 heterocycles. The molecule has 1 amide bonds. The number of nitrogens with one attached hydrogen (secondary N) is 2. The van der Waals surface area contributed by atoms with Gasteiger partial charge in [0, 0.05) is 18.2 Å². The molecule has 0 bridgehead atoms. The third-order valence-electron chi connectivity index (χ3n) is 3.93. The Hall–Kier alpha value is -2.35. The van der Waals surface area contributed by atoms with Gasteiger partial charge in [0.2, 0.25) is 5.91 Å². The van der Waals surface area contributed by atoms with E-state index >= 15 is 0 Å². The molecule has 28 heavy (non-hydrogen) atoms. The highest BCUT2D eigenvalue weighted by molar-refractivity contribution is 7.92. The molecule has 0 fully saturated rings. The van der Waals surface area contributed by atoms with Crippen molar-refractivity contribution in [2.75, 3.05) is 11.3 Å². The second-order valence-electron chi connectivity index (χ2n) is 6.83. The lowest BCUT2D eigenvalue weighted by molar-refractivity contribution is -0.118. The highest BCUT2D eigenvalue weighted by Crippen LogP contribution is 2.24. The van der Waals surface area contributed by atoms with E-state index < -0.39 is 15.6 Å². The maximum absolute atomic E-state index is 12.5. The first-order valence-electron chi connectivity index (χ1n) is 8.61. The van der Waals surface area contributed by atoms with E-state index in [1.807, 2.05) is 13.8 Å². The van der Waals surface area contributed by atoms with Crippen LogP contribution in [0.25, 0.3) is 6.08 Å². The third kappa shape index (κ3) is 6.37. The second-order valence-corrected chi connectivity index (χ2v) is 8.92. The zero-order chi connectivity index (χ0) is 20.8. The van der Waals surface area contributed by atoms with Crippen LogP contribution in [-0.2, 0) is 14.8 Å². The van der Waals surface area contributed by atoms with Crippen molar-refractivity contribution in [1.82, 2.24) is 5.32 Å². The highest BCUT2D eigenvalue weighted by Gasteiger charge is 2.18. The Kier molecular flexibility index (Phi) is 7.23. The summed E-state index contributed by atoms with van der Waals surface area (Å²) in [5, 5.41) is 12.1. The van der Waals surface area contributed by atoms with Crippen molar-refractivity contribution in [3.05, 3.63) is 65.2 Å². The summed E-state index contributed by atoms with van der Waals surface area (Å²) in [4.78, 5) is 12.1. The Morgan fingerprint density at radius 1 is 1.14 bits per heavy atom.